The van der Waals surface area contributed by atoms with Crippen molar-refractivity contribution in [2.24, 2.45) is 11.8 Å². The quantitative estimate of drug-likeness (QED) is 0.614. The number of nitrogens with one attached hydrogen (secondary N) is 1. The average Bonchev–Trinajstić information content (AvgIpc) is 2.42. The van der Waals surface area contributed by atoms with Crippen molar-refractivity contribution in [1.29, 1.82) is 0 Å². The summed E-state index contributed by atoms with van der Waals surface area (Å²) in [5, 5.41) is 3.47. The van der Waals surface area contributed by atoms with Crippen LogP contribution in [0.2, 0.25) is 0 Å². The van der Waals surface area contributed by atoms with Gasteiger partial charge in [-0.1, -0.05) is 46.1 Å². The largest absolute Gasteiger partial charge is 0.385 e. The topological polar surface area (TPSA) is 15.3 Å². The van der Waals surface area contributed by atoms with E-state index >= 15 is 0 Å². The molecule has 1 aliphatic heterocycles. The standard InChI is InChI=1S/C19H38N2/c1-15(2)9-7-8-10-19-11-13-21(14-12-19)18(6)17(5)20-16(3)4/h15-16,18-20H,5,7-14H2,1-4,6H3/t18-/m1/s1. The Balaban J connectivity index is 2.20. The first kappa shape index (κ1) is 18.5. The van der Waals surface area contributed by atoms with Gasteiger partial charge in [-0.2, -0.15) is 0 Å². The van der Waals surface area contributed by atoms with E-state index in [4.69, 9.17) is 0 Å². The molecule has 1 rings (SSSR count). The van der Waals surface area contributed by atoms with E-state index in [0.717, 1.165) is 11.8 Å². The van der Waals surface area contributed by atoms with Crippen LogP contribution >= 0.6 is 0 Å². The van der Waals surface area contributed by atoms with Gasteiger partial charge in [0.2, 0.25) is 0 Å². The van der Waals surface area contributed by atoms with Crippen molar-refractivity contribution in [2.45, 2.75) is 85.2 Å². The molecule has 0 aromatic carbocycles. The number of piperidine rings is 1. The summed E-state index contributed by atoms with van der Waals surface area (Å²) in [7, 11) is 0. The molecule has 1 aliphatic rings. The minimum absolute atomic E-state index is 0.467. The molecule has 0 amide bonds. The minimum Gasteiger partial charge on any atom is -0.385 e. The number of hydrogen-bond acceptors (Lipinski definition) is 2. The number of unbranched alkanes of at least 4 members (excludes halogenated alkanes) is 1. The van der Waals surface area contributed by atoms with E-state index in [-0.39, 0.29) is 0 Å². The second-order valence-electron chi connectivity index (χ2n) is 7.66. The van der Waals surface area contributed by atoms with E-state index in [1.165, 1.54) is 57.3 Å². The van der Waals surface area contributed by atoms with Gasteiger partial charge in [-0.05, 0) is 58.5 Å². The predicted molar refractivity (Wildman–Crippen MR) is 94.5 cm³/mol. The van der Waals surface area contributed by atoms with Gasteiger partial charge in [0.15, 0.2) is 0 Å². The first-order valence-electron chi connectivity index (χ1n) is 9.09. The van der Waals surface area contributed by atoms with Gasteiger partial charge in [0.1, 0.15) is 0 Å². The molecule has 21 heavy (non-hydrogen) atoms. The summed E-state index contributed by atoms with van der Waals surface area (Å²) in [6.07, 6.45) is 8.45. The van der Waals surface area contributed by atoms with Gasteiger partial charge in [0, 0.05) is 17.8 Å². The van der Waals surface area contributed by atoms with Crippen molar-refractivity contribution in [3.8, 4) is 0 Å². The third-order valence-electron chi connectivity index (χ3n) is 4.82. The Bertz CT molecular complexity index is 288. The lowest BCUT2D eigenvalue weighted by Gasteiger charge is -2.37. The van der Waals surface area contributed by atoms with E-state index < -0.39 is 0 Å². The van der Waals surface area contributed by atoms with Gasteiger partial charge in [-0.15, -0.1) is 0 Å². The zero-order chi connectivity index (χ0) is 15.8. The average molecular weight is 295 g/mol. The fourth-order valence-electron chi connectivity index (χ4n) is 3.33. The van der Waals surface area contributed by atoms with Crippen LogP contribution < -0.4 is 5.32 Å². The number of rotatable bonds is 9. The Morgan fingerprint density at radius 3 is 2.24 bits per heavy atom. The maximum absolute atomic E-state index is 4.21. The van der Waals surface area contributed by atoms with Crippen molar-refractivity contribution in [2.75, 3.05) is 13.1 Å². The lowest BCUT2D eigenvalue weighted by molar-refractivity contribution is 0.147. The molecule has 1 fully saturated rings. The smallest absolute Gasteiger partial charge is 0.0460 e. The summed E-state index contributed by atoms with van der Waals surface area (Å²) in [6.45, 7) is 18.0. The second-order valence-corrected chi connectivity index (χ2v) is 7.66. The van der Waals surface area contributed by atoms with Crippen molar-refractivity contribution in [1.82, 2.24) is 10.2 Å². The SMILES string of the molecule is C=C(NC(C)C)[C@@H](C)N1CCC(CCCCC(C)C)CC1. The van der Waals surface area contributed by atoms with Crippen LogP contribution in [0.1, 0.15) is 73.1 Å². The Morgan fingerprint density at radius 2 is 1.71 bits per heavy atom. The van der Waals surface area contributed by atoms with Crippen LogP contribution in [-0.2, 0) is 0 Å². The van der Waals surface area contributed by atoms with Crippen LogP contribution in [0.5, 0.6) is 0 Å². The highest BCUT2D eigenvalue weighted by Crippen LogP contribution is 2.25. The van der Waals surface area contributed by atoms with E-state index in [1.807, 2.05) is 0 Å². The molecule has 0 spiro atoms. The van der Waals surface area contributed by atoms with Crippen LogP contribution in [-0.4, -0.2) is 30.1 Å². The van der Waals surface area contributed by atoms with Gasteiger partial charge in [-0.25, -0.2) is 0 Å². The first-order chi connectivity index (χ1) is 9.90. The molecule has 1 atom stereocenters. The maximum Gasteiger partial charge on any atom is 0.0460 e. The molecule has 124 valence electrons. The van der Waals surface area contributed by atoms with Crippen LogP contribution in [0.15, 0.2) is 12.3 Å². The van der Waals surface area contributed by atoms with Crippen molar-refractivity contribution in [3.05, 3.63) is 12.3 Å². The molecule has 0 radical (unpaired) electrons. The lowest BCUT2D eigenvalue weighted by atomic mass is 9.90. The normalized spacial score (nSPS) is 19.2. The molecule has 0 aliphatic carbocycles. The minimum atomic E-state index is 0.467. The highest BCUT2D eigenvalue weighted by molar-refractivity contribution is 5.03. The van der Waals surface area contributed by atoms with Gasteiger partial charge in [0.25, 0.3) is 0 Å². The van der Waals surface area contributed by atoms with Crippen molar-refractivity contribution >= 4 is 0 Å². The predicted octanol–water partition coefficient (Wildman–Crippen LogP) is 4.82. The fourth-order valence-corrected chi connectivity index (χ4v) is 3.33. The first-order valence-corrected chi connectivity index (χ1v) is 9.09. The molecule has 1 heterocycles. The number of nitrogens with zero attached hydrogens (tertiary/aromatic N) is 1. The molecule has 1 saturated heterocycles. The van der Waals surface area contributed by atoms with Gasteiger partial charge in [-0.3, -0.25) is 4.90 Å². The third-order valence-corrected chi connectivity index (χ3v) is 4.82. The van der Waals surface area contributed by atoms with Crippen molar-refractivity contribution in [3.63, 3.8) is 0 Å². The summed E-state index contributed by atoms with van der Waals surface area (Å²) >= 11 is 0. The zero-order valence-electron chi connectivity index (χ0n) is 15.1. The molecule has 1 N–H and O–H groups in total. The van der Waals surface area contributed by atoms with Crippen LogP contribution in [0.3, 0.4) is 0 Å². The molecular weight excluding hydrogens is 256 g/mol. The number of likely N-dealkylation sites (tertiary alicyclic amines) is 1. The highest BCUT2D eigenvalue weighted by atomic mass is 15.2. The Labute approximate surface area is 133 Å². The maximum atomic E-state index is 4.21. The monoisotopic (exact) mass is 294 g/mol. The van der Waals surface area contributed by atoms with Gasteiger partial charge >= 0.3 is 0 Å². The second kappa shape index (κ2) is 9.50. The summed E-state index contributed by atoms with van der Waals surface area (Å²) in [5.41, 5.74) is 1.18. The van der Waals surface area contributed by atoms with Crippen LogP contribution in [0, 0.1) is 11.8 Å². The molecule has 0 unspecified atom stereocenters. The Hall–Kier alpha value is -0.500. The summed E-state index contributed by atoms with van der Waals surface area (Å²) in [5.74, 6) is 1.83. The van der Waals surface area contributed by atoms with Gasteiger partial charge < -0.3 is 5.32 Å². The van der Waals surface area contributed by atoms with E-state index in [0.29, 0.717) is 12.1 Å². The van der Waals surface area contributed by atoms with Crippen molar-refractivity contribution < 1.29 is 0 Å². The number of hydrogen-bond donors (Lipinski definition) is 1. The fraction of sp³-hybridized carbons (Fsp3) is 0.895. The molecular formula is C19H38N2. The third kappa shape index (κ3) is 7.35. The molecule has 0 saturated carbocycles. The molecule has 0 aromatic rings. The van der Waals surface area contributed by atoms with Gasteiger partial charge in [0.05, 0.1) is 0 Å². The molecule has 2 heteroatoms. The van der Waals surface area contributed by atoms with E-state index in [2.05, 4.69) is 51.4 Å². The lowest BCUT2D eigenvalue weighted by Crippen LogP contribution is -2.44. The molecule has 2 nitrogen and oxygen atoms in total. The highest BCUT2D eigenvalue weighted by Gasteiger charge is 2.23. The summed E-state index contributed by atoms with van der Waals surface area (Å²) in [4.78, 5) is 2.60. The Morgan fingerprint density at radius 1 is 1.10 bits per heavy atom. The summed E-state index contributed by atoms with van der Waals surface area (Å²) in [6, 6.07) is 0.952. The molecule has 0 aromatic heterocycles. The van der Waals surface area contributed by atoms with E-state index in [9.17, 15) is 0 Å². The summed E-state index contributed by atoms with van der Waals surface area (Å²) < 4.78 is 0. The van der Waals surface area contributed by atoms with Crippen LogP contribution in [0.25, 0.3) is 0 Å². The van der Waals surface area contributed by atoms with E-state index in [1.54, 1.807) is 0 Å². The zero-order valence-corrected chi connectivity index (χ0v) is 15.1. The molecule has 0 bridgehead atoms. The van der Waals surface area contributed by atoms with Crippen LogP contribution in [0.4, 0.5) is 0 Å². The Kier molecular flexibility index (Phi) is 8.39.